The van der Waals surface area contributed by atoms with Crippen LogP contribution in [0.2, 0.25) is 0 Å². The van der Waals surface area contributed by atoms with E-state index >= 15 is 4.39 Å². The molecule has 1 aromatic rings. The standard InChI is InChI=1S/C56H92FN5O17/c1-13-41-56(11,71)48(66)33(5)45(59-19-18-58-42(63)16-17-43(64)60-28-38-29-62(53(69)76-38)37-14-15-40(39(57)25-37)61-20-22-73-23-21-61)31(3)26-54(9,70)50(79-52-46(65)30(2)24-32(4)74-52)34(6)47(35(7)51(68)77-41)78-44-27-55(10,72-12)49(67)36(8)75-44/h14-15,25,30-36,38,41,44-50,52,59,65-67,70-71H,13,16-24,26-29H2,1-12H3,(H,58,63)(H,60,64)/t30?,31-,32?,33+,34?,35-,36?,38?,41-,44?,45+,46?,47+,48-,49?,50-,52?,54-,55?,56-/m1/s1. The largest absolute Gasteiger partial charge is 0.459 e. The van der Waals surface area contributed by atoms with Gasteiger partial charge in [0.15, 0.2) is 12.6 Å². The van der Waals surface area contributed by atoms with Crippen LogP contribution in [-0.2, 0) is 52.3 Å². The van der Waals surface area contributed by atoms with Crippen LogP contribution in [0.4, 0.5) is 20.6 Å². The number of benzene rings is 1. The monoisotopic (exact) mass is 1130 g/mol. The van der Waals surface area contributed by atoms with Crippen LogP contribution in [0.25, 0.3) is 0 Å². The number of amides is 3. The number of nitrogens with zero attached hydrogens (tertiary/aromatic N) is 2. The minimum atomic E-state index is -1.99. The zero-order chi connectivity index (χ0) is 58.3. The number of ether oxygens (including phenoxy) is 8. The lowest BCUT2D eigenvalue weighted by Gasteiger charge is -2.49. The highest BCUT2D eigenvalue weighted by molar-refractivity contribution is 5.90. The number of nitrogens with one attached hydrogen (secondary N) is 3. The predicted molar refractivity (Wildman–Crippen MR) is 287 cm³/mol. The fourth-order valence-electron chi connectivity index (χ4n) is 12.4. The van der Waals surface area contributed by atoms with Gasteiger partial charge in [-0.15, -0.1) is 0 Å². The second-order valence-electron chi connectivity index (χ2n) is 23.6. The summed E-state index contributed by atoms with van der Waals surface area (Å²) in [6, 6.07) is 3.88. The fourth-order valence-corrected chi connectivity index (χ4v) is 12.4. The summed E-state index contributed by atoms with van der Waals surface area (Å²) in [5.74, 6) is -5.57. The molecular formula is C56H92FN5O17. The fraction of sp³-hybridized carbons (Fsp3) is 0.821. The van der Waals surface area contributed by atoms with Crippen molar-refractivity contribution in [3.05, 3.63) is 24.0 Å². The summed E-state index contributed by atoms with van der Waals surface area (Å²) in [6.45, 7) is 21.3. The van der Waals surface area contributed by atoms with Crippen molar-refractivity contribution in [1.29, 1.82) is 0 Å². The second kappa shape index (κ2) is 27.5. The number of carbonyl (C=O) groups excluding carboxylic acids is 4. The summed E-state index contributed by atoms with van der Waals surface area (Å²) < 4.78 is 63.7. The first-order valence-corrected chi connectivity index (χ1v) is 28.4. The van der Waals surface area contributed by atoms with Gasteiger partial charge in [-0.25, -0.2) is 9.18 Å². The summed E-state index contributed by atoms with van der Waals surface area (Å²) in [5, 5.41) is 68.8. The van der Waals surface area contributed by atoms with Crippen molar-refractivity contribution in [2.75, 3.05) is 69.4 Å². The Morgan fingerprint density at radius 3 is 2.16 bits per heavy atom. The molecule has 23 heteroatoms. The van der Waals surface area contributed by atoms with E-state index < -0.39 is 138 Å². The molecule has 0 aromatic heterocycles. The summed E-state index contributed by atoms with van der Waals surface area (Å²) in [6.07, 6.45) is -11.3. The van der Waals surface area contributed by atoms with Gasteiger partial charge >= 0.3 is 12.1 Å². The minimum Gasteiger partial charge on any atom is -0.459 e. The summed E-state index contributed by atoms with van der Waals surface area (Å²) >= 11 is 0. The average molecular weight is 1130 g/mol. The molecule has 5 heterocycles. The van der Waals surface area contributed by atoms with E-state index in [1.165, 1.54) is 25.0 Å². The van der Waals surface area contributed by atoms with E-state index in [0.29, 0.717) is 44.1 Å². The topological polar surface area (TPSA) is 286 Å². The van der Waals surface area contributed by atoms with Crippen molar-refractivity contribution in [3.8, 4) is 0 Å². The third-order valence-electron chi connectivity index (χ3n) is 17.2. The molecule has 0 aliphatic carbocycles. The van der Waals surface area contributed by atoms with E-state index in [1.807, 2.05) is 25.7 Å². The molecule has 20 atom stereocenters. The molecule has 0 saturated carbocycles. The average Bonchev–Trinajstić information content (AvgIpc) is 3.82. The van der Waals surface area contributed by atoms with Crippen LogP contribution in [-0.4, -0.2) is 199 Å². The first kappa shape index (κ1) is 64.3. The van der Waals surface area contributed by atoms with Gasteiger partial charge in [0.25, 0.3) is 0 Å². The quantitative estimate of drug-likeness (QED) is 0.0822. The lowest BCUT2D eigenvalue weighted by molar-refractivity contribution is -0.318. The molecule has 79 heavy (non-hydrogen) atoms. The van der Waals surface area contributed by atoms with Crippen molar-refractivity contribution in [3.63, 3.8) is 0 Å². The van der Waals surface area contributed by atoms with Crippen LogP contribution in [0.15, 0.2) is 18.2 Å². The van der Waals surface area contributed by atoms with Gasteiger partial charge in [-0.2, -0.15) is 0 Å². The summed E-state index contributed by atoms with van der Waals surface area (Å²) in [4.78, 5) is 56.4. The Kier molecular flexibility index (Phi) is 22.4. The Morgan fingerprint density at radius 1 is 0.848 bits per heavy atom. The molecule has 5 aliphatic heterocycles. The highest BCUT2D eigenvalue weighted by Crippen LogP contribution is 2.42. The molecule has 0 radical (unpaired) electrons. The minimum absolute atomic E-state index is 0.00101. The number of anilines is 2. The number of morpholine rings is 1. The van der Waals surface area contributed by atoms with E-state index in [-0.39, 0.29) is 70.3 Å². The zero-order valence-electron chi connectivity index (χ0n) is 48.4. The van der Waals surface area contributed by atoms with Gasteiger partial charge in [0.1, 0.15) is 35.8 Å². The van der Waals surface area contributed by atoms with Gasteiger partial charge in [-0.1, -0.05) is 34.6 Å². The van der Waals surface area contributed by atoms with Gasteiger partial charge in [-0.3, -0.25) is 19.3 Å². The molecule has 6 rings (SSSR count). The molecule has 0 spiro atoms. The lowest BCUT2D eigenvalue weighted by Crippen LogP contribution is -2.61. The number of aliphatic hydroxyl groups excluding tert-OH is 3. The van der Waals surface area contributed by atoms with Crippen molar-refractivity contribution in [2.24, 2.45) is 29.6 Å². The van der Waals surface area contributed by atoms with Crippen molar-refractivity contribution in [2.45, 2.75) is 205 Å². The molecule has 8 N–H and O–H groups in total. The van der Waals surface area contributed by atoms with Crippen LogP contribution < -0.4 is 25.8 Å². The van der Waals surface area contributed by atoms with Gasteiger partial charge in [0.2, 0.25) is 11.8 Å². The molecule has 3 amide bonds. The van der Waals surface area contributed by atoms with Crippen molar-refractivity contribution >= 4 is 35.3 Å². The SMILES string of the molecule is CC[C@H]1OC(=O)[C@H](C)[C@@H](OC2CC(C)(OC)C(O)C(C)O2)C(C)[C@@H](OC2OC(C)CC(C)C2O)[C@](C)(O)C[C@@H](C)[C@H](NCCNC(=O)CCC(=O)NCC2CN(c3ccc(N4CCOCC4)c(F)c3)C(=O)O2)[C@H](C)[C@@H](O)[C@]1(C)O. The lowest BCUT2D eigenvalue weighted by atomic mass is 9.72. The first-order valence-electron chi connectivity index (χ1n) is 28.4. The van der Waals surface area contributed by atoms with Gasteiger partial charge in [0, 0.05) is 70.4 Å². The number of hydrogen-bond acceptors (Lipinski definition) is 19. The number of hydrogen-bond donors (Lipinski definition) is 8. The maximum atomic E-state index is 15.1. The molecule has 0 bridgehead atoms. The second-order valence-corrected chi connectivity index (χ2v) is 23.6. The van der Waals surface area contributed by atoms with Gasteiger partial charge in [-0.05, 0) is 90.8 Å². The summed E-state index contributed by atoms with van der Waals surface area (Å²) in [7, 11) is 1.48. The Hall–Kier alpha value is -3.85. The predicted octanol–water partition coefficient (Wildman–Crippen LogP) is 2.89. The van der Waals surface area contributed by atoms with E-state index in [9.17, 15) is 44.7 Å². The van der Waals surface area contributed by atoms with E-state index in [1.54, 1.807) is 60.6 Å². The molecule has 5 fully saturated rings. The molecule has 22 nitrogen and oxygen atoms in total. The van der Waals surface area contributed by atoms with Crippen LogP contribution in [0.1, 0.15) is 115 Å². The van der Waals surface area contributed by atoms with E-state index in [4.69, 9.17) is 37.9 Å². The molecule has 5 aliphatic rings. The Labute approximate surface area is 465 Å². The first-order chi connectivity index (χ1) is 37.1. The third kappa shape index (κ3) is 15.6. The van der Waals surface area contributed by atoms with Crippen LogP contribution in [0.3, 0.4) is 0 Å². The van der Waals surface area contributed by atoms with E-state index in [0.717, 1.165) is 0 Å². The van der Waals surface area contributed by atoms with Crippen LogP contribution >= 0.6 is 0 Å². The normalized spacial score (nSPS) is 40.1. The number of methoxy groups -OCH3 is 1. The molecule has 10 unspecified atom stereocenters. The number of esters is 1. The van der Waals surface area contributed by atoms with Crippen LogP contribution in [0, 0.1) is 35.4 Å². The Bertz CT molecular complexity index is 2190. The smallest absolute Gasteiger partial charge is 0.414 e. The molecule has 450 valence electrons. The third-order valence-corrected chi connectivity index (χ3v) is 17.2. The van der Waals surface area contributed by atoms with Crippen LogP contribution in [0.5, 0.6) is 0 Å². The van der Waals surface area contributed by atoms with Crippen molar-refractivity contribution in [1.82, 2.24) is 16.0 Å². The highest BCUT2D eigenvalue weighted by atomic mass is 19.1. The van der Waals surface area contributed by atoms with Gasteiger partial charge < -0.3 is 84.3 Å². The Balaban J connectivity index is 1.13. The maximum Gasteiger partial charge on any atom is 0.414 e. The number of cyclic esters (lactones) is 2. The maximum absolute atomic E-state index is 15.1. The Morgan fingerprint density at radius 2 is 1.52 bits per heavy atom. The zero-order valence-corrected chi connectivity index (χ0v) is 48.4. The van der Waals surface area contributed by atoms with Crippen molar-refractivity contribution < 1.29 is 87.0 Å². The number of carbonyl (C=O) groups is 4. The highest BCUT2D eigenvalue weighted by Gasteiger charge is 2.53. The molecule has 5 saturated heterocycles. The molecular weight excluding hydrogens is 1030 g/mol. The number of halogens is 1. The molecule has 1 aromatic carbocycles. The van der Waals surface area contributed by atoms with E-state index in [2.05, 4.69) is 16.0 Å². The number of rotatable bonds is 17. The number of aliphatic hydroxyl groups is 5. The van der Waals surface area contributed by atoms with Gasteiger partial charge in [0.05, 0.1) is 85.3 Å². The summed E-state index contributed by atoms with van der Waals surface area (Å²) in [5.41, 5.74) is -4.12.